The number of piperidine rings is 1. The molecular weight excluding hydrogens is 266 g/mol. The number of nitrogens with one attached hydrogen (secondary N) is 2. The van der Waals surface area contributed by atoms with E-state index in [1.165, 1.54) is 12.8 Å². The summed E-state index contributed by atoms with van der Waals surface area (Å²) < 4.78 is 1.86. The molecule has 3 rings (SSSR count). The molecule has 2 aliphatic rings. The largest absolute Gasteiger partial charge is 0.348 e. The lowest BCUT2D eigenvalue weighted by atomic mass is 10.1. The predicted molar refractivity (Wildman–Crippen MR) is 80.0 cm³/mol. The van der Waals surface area contributed by atoms with Crippen LogP contribution in [0.15, 0.2) is 6.20 Å². The van der Waals surface area contributed by atoms with Crippen LogP contribution in [-0.4, -0.2) is 40.0 Å². The molecule has 1 saturated heterocycles. The van der Waals surface area contributed by atoms with Crippen molar-refractivity contribution in [1.29, 1.82) is 0 Å². The van der Waals surface area contributed by atoms with Gasteiger partial charge in [-0.25, -0.2) is 4.68 Å². The molecular formula is C15H25N5O. The van der Waals surface area contributed by atoms with Crippen LogP contribution in [-0.2, 0) is 0 Å². The zero-order valence-electron chi connectivity index (χ0n) is 12.7. The van der Waals surface area contributed by atoms with Crippen molar-refractivity contribution < 1.29 is 4.79 Å². The molecule has 0 aromatic carbocycles. The van der Waals surface area contributed by atoms with Crippen LogP contribution in [0.3, 0.4) is 0 Å². The molecule has 0 bridgehead atoms. The SMILES string of the molecule is CCC(CC1CC1)NC(=O)c1cn(C2CCNCC2)nn1. The Bertz CT molecular complexity index is 476. The van der Waals surface area contributed by atoms with Crippen LogP contribution < -0.4 is 10.6 Å². The van der Waals surface area contributed by atoms with E-state index in [0.717, 1.165) is 44.7 Å². The van der Waals surface area contributed by atoms with E-state index in [1.807, 2.05) is 4.68 Å². The van der Waals surface area contributed by atoms with Gasteiger partial charge in [0.05, 0.1) is 12.2 Å². The minimum atomic E-state index is -0.0808. The number of nitrogens with zero attached hydrogens (tertiary/aromatic N) is 3. The van der Waals surface area contributed by atoms with Gasteiger partial charge in [-0.15, -0.1) is 5.10 Å². The molecule has 0 radical (unpaired) electrons. The minimum absolute atomic E-state index is 0.0808. The van der Waals surface area contributed by atoms with Crippen LogP contribution in [0.2, 0.25) is 0 Å². The number of carbonyl (C=O) groups is 1. The van der Waals surface area contributed by atoms with E-state index in [9.17, 15) is 4.79 Å². The summed E-state index contributed by atoms with van der Waals surface area (Å²) in [5, 5.41) is 14.6. The van der Waals surface area contributed by atoms with Crippen LogP contribution in [0.4, 0.5) is 0 Å². The van der Waals surface area contributed by atoms with Crippen LogP contribution in [0, 0.1) is 5.92 Å². The quantitative estimate of drug-likeness (QED) is 0.833. The Balaban J connectivity index is 1.57. The molecule has 21 heavy (non-hydrogen) atoms. The number of amides is 1. The maximum atomic E-state index is 12.3. The fraction of sp³-hybridized carbons (Fsp3) is 0.800. The molecule has 2 fully saturated rings. The van der Waals surface area contributed by atoms with E-state index in [1.54, 1.807) is 6.20 Å². The summed E-state index contributed by atoms with van der Waals surface area (Å²) >= 11 is 0. The second kappa shape index (κ2) is 6.56. The van der Waals surface area contributed by atoms with E-state index in [-0.39, 0.29) is 11.9 Å². The highest BCUT2D eigenvalue weighted by Crippen LogP contribution is 2.34. The molecule has 1 unspecified atom stereocenters. The molecule has 1 aliphatic carbocycles. The molecule has 0 spiro atoms. The summed E-state index contributed by atoms with van der Waals surface area (Å²) in [5.74, 6) is 0.739. The third-order valence-electron chi connectivity index (χ3n) is 4.57. The molecule has 6 nitrogen and oxygen atoms in total. The summed E-state index contributed by atoms with van der Waals surface area (Å²) in [4.78, 5) is 12.3. The number of rotatable bonds is 6. The molecule has 2 heterocycles. The Morgan fingerprint density at radius 2 is 2.19 bits per heavy atom. The fourth-order valence-corrected chi connectivity index (χ4v) is 2.97. The number of hydrogen-bond donors (Lipinski definition) is 2. The van der Waals surface area contributed by atoms with Gasteiger partial charge in [0.2, 0.25) is 0 Å². The standard InChI is InChI=1S/C15H25N5O/c1-2-12(9-11-3-4-11)17-15(21)14-10-20(19-18-14)13-5-7-16-8-6-13/h10-13,16H,2-9H2,1H3,(H,17,21). The molecule has 6 heteroatoms. The molecule has 1 aromatic heterocycles. The lowest BCUT2D eigenvalue weighted by Crippen LogP contribution is -2.35. The first-order chi connectivity index (χ1) is 10.3. The lowest BCUT2D eigenvalue weighted by molar-refractivity contribution is 0.0927. The first-order valence-corrected chi connectivity index (χ1v) is 8.19. The average Bonchev–Trinajstić information content (AvgIpc) is 3.19. The maximum Gasteiger partial charge on any atom is 0.273 e. The summed E-state index contributed by atoms with van der Waals surface area (Å²) in [5.41, 5.74) is 0.447. The zero-order chi connectivity index (χ0) is 14.7. The molecule has 1 amide bonds. The highest BCUT2D eigenvalue weighted by atomic mass is 16.2. The average molecular weight is 291 g/mol. The summed E-state index contributed by atoms with van der Waals surface area (Å²) in [6.07, 6.45) is 8.61. The van der Waals surface area contributed by atoms with Gasteiger partial charge in [0.25, 0.3) is 5.91 Å². The Hall–Kier alpha value is -1.43. The first kappa shape index (κ1) is 14.5. The van der Waals surface area contributed by atoms with Crippen LogP contribution in [0.5, 0.6) is 0 Å². The van der Waals surface area contributed by atoms with Crippen LogP contribution in [0.25, 0.3) is 0 Å². The highest BCUT2D eigenvalue weighted by molar-refractivity contribution is 5.92. The fourth-order valence-electron chi connectivity index (χ4n) is 2.97. The van der Waals surface area contributed by atoms with Gasteiger partial charge < -0.3 is 10.6 Å². The van der Waals surface area contributed by atoms with Crippen molar-refractivity contribution in [3.8, 4) is 0 Å². The number of aromatic nitrogens is 3. The third-order valence-corrected chi connectivity index (χ3v) is 4.57. The van der Waals surface area contributed by atoms with E-state index >= 15 is 0 Å². The Labute approximate surface area is 125 Å². The van der Waals surface area contributed by atoms with Crippen molar-refractivity contribution in [2.75, 3.05) is 13.1 Å². The Kier molecular flexibility index (Phi) is 4.53. The summed E-state index contributed by atoms with van der Waals surface area (Å²) in [7, 11) is 0. The second-order valence-electron chi connectivity index (χ2n) is 6.32. The van der Waals surface area contributed by atoms with Gasteiger partial charge in [0.1, 0.15) is 0 Å². The smallest absolute Gasteiger partial charge is 0.273 e. The zero-order valence-corrected chi connectivity index (χ0v) is 12.7. The Morgan fingerprint density at radius 1 is 1.43 bits per heavy atom. The van der Waals surface area contributed by atoms with Crippen LogP contribution >= 0.6 is 0 Å². The first-order valence-electron chi connectivity index (χ1n) is 8.19. The van der Waals surface area contributed by atoms with Gasteiger partial charge in [-0.05, 0) is 44.7 Å². The van der Waals surface area contributed by atoms with Gasteiger partial charge in [-0.3, -0.25) is 4.79 Å². The van der Waals surface area contributed by atoms with Gasteiger partial charge in [-0.2, -0.15) is 0 Å². The lowest BCUT2D eigenvalue weighted by Gasteiger charge is -2.22. The number of carbonyl (C=O) groups excluding carboxylic acids is 1. The van der Waals surface area contributed by atoms with E-state index in [0.29, 0.717) is 11.7 Å². The summed E-state index contributed by atoms with van der Waals surface area (Å²) in [6, 6.07) is 0.641. The third kappa shape index (κ3) is 3.81. The normalized spacial score (nSPS) is 21.2. The van der Waals surface area contributed by atoms with E-state index in [4.69, 9.17) is 0 Å². The number of hydrogen-bond acceptors (Lipinski definition) is 4. The molecule has 1 aromatic rings. The van der Waals surface area contributed by atoms with Gasteiger partial charge in [0, 0.05) is 6.04 Å². The van der Waals surface area contributed by atoms with Crippen molar-refractivity contribution in [3.05, 3.63) is 11.9 Å². The van der Waals surface area contributed by atoms with Crippen molar-refractivity contribution in [1.82, 2.24) is 25.6 Å². The van der Waals surface area contributed by atoms with Gasteiger partial charge >= 0.3 is 0 Å². The second-order valence-corrected chi connectivity index (χ2v) is 6.32. The van der Waals surface area contributed by atoms with Crippen LogP contribution in [0.1, 0.15) is 62.0 Å². The molecule has 1 saturated carbocycles. The minimum Gasteiger partial charge on any atom is -0.348 e. The topological polar surface area (TPSA) is 71.8 Å². The van der Waals surface area contributed by atoms with Crippen molar-refractivity contribution in [3.63, 3.8) is 0 Å². The van der Waals surface area contributed by atoms with Crippen molar-refractivity contribution in [2.45, 2.75) is 57.5 Å². The van der Waals surface area contributed by atoms with Gasteiger partial charge in [0.15, 0.2) is 5.69 Å². The predicted octanol–water partition coefficient (Wildman–Crippen LogP) is 1.51. The molecule has 2 N–H and O–H groups in total. The highest BCUT2D eigenvalue weighted by Gasteiger charge is 2.26. The summed E-state index contributed by atoms with van der Waals surface area (Å²) in [6.45, 7) is 4.13. The molecule has 1 aliphatic heterocycles. The Morgan fingerprint density at radius 3 is 2.86 bits per heavy atom. The monoisotopic (exact) mass is 291 g/mol. The van der Waals surface area contributed by atoms with Gasteiger partial charge in [-0.1, -0.05) is 25.0 Å². The van der Waals surface area contributed by atoms with Crippen molar-refractivity contribution >= 4 is 5.91 Å². The van der Waals surface area contributed by atoms with Crippen molar-refractivity contribution in [2.24, 2.45) is 5.92 Å². The maximum absolute atomic E-state index is 12.3. The molecule has 1 atom stereocenters. The van der Waals surface area contributed by atoms with E-state index < -0.39 is 0 Å². The van der Waals surface area contributed by atoms with E-state index in [2.05, 4.69) is 27.9 Å². The molecule has 116 valence electrons.